The van der Waals surface area contributed by atoms with Crippen LogP contribution in [0, 0.1) is 0 Å². The zero-order valence-corrected chi connectivity index (χ0v) is 17.1. The largest absolute Gasteiger partial charge is 0.356 e. The molecule has 1 amide bonds. The van der Waals surface area contributed by atoms with Crippen molar-refractivity contribution in [3.05, 3.63) is 22.4 Å². The highest BCUT2D eigenvalue weighted by molar-refractivity contribution is 7.09. The summed E-state index contributed by atoms with van der Waals surface area (Å²) in [5.41, 5.74) is 0. The molecular formula is C19H33N5OS. The number of nitrogens with one attached hydrogen (secondary N) is 2. The number of hydrogen-bond donors (Lipinski definition) is 2. The highest BCUT2D eigenvalue weighted by Gasteiger charge is 2.17. The van der Waals surface area contributed by atoms with E-state index in [2.05, 4.69) is 38.9 Å². The molecule has 2 N–H and O–H groups in total. The Hall–Kier alpha value is -1.60. The van der Waals surface area contributed by atoms with Gasteiger partial charge >= 0.3 is 0 Å². The second-order valence-corrected chi connectivity index (χ2v) is 8.08. The number of amides is 1. The highest BCUT2D eigenvalue weighted by atomic mass is 32.1. The van der Waals surface area contributed by atoms with E-state index in [-0.39, 0.29) is 12.5 Å². The fourth-order valence-corrected chi connectivity index (χ4v) is 3.67. The molecule has 2 rings (SSSR count). The number of carbonyl (C=O) groups is 1. The number of guanidine groups is 1. The Morgan fingerprint density at radius 3 is 2.92 bits per heavy atom. The average molecular weight is 380 g/mol. The fraction of sp³-hybridized carbons (Fsp3) is 0.684. The number of likely N-dealkylation sites (tertiary alicyclic amines) is 1. The van der Waals surface area contributed by atoms with Crippen LogP contribution in [-0.2, 0) is 11.3 Å². The number of thiophene rings is 1. The van der Waals surface area contributed by atoms with Gasteiger partial charge in [-0.2, -0.15) is 0 Å². The Labute approximate surface area is 161 Å². The summed E-state index contributed by atoms with van der Waals surface area (Å²) >= 11 is 1.71. The van der Waals surface area contributed by atoms with Crippen LogP contribution in [0.25, 0.3) is 0 Å². The first kappa shape index (κ1) is 20.7. The van der Waals surface area contributed by atoms with E-state index in [9.17, 15) is 4.79 Å². The van der Waals surface area contributed by atoms with Crippen molar-refractivity contribution in [2.45, 2.75) is 45.2 Å². The molecule has 1 aliphatic rings. The lowest BCUT2D eigenvalue weighted by atomic mass is 10.0. The summed E-state index contributed by atoms with van der Waals surface area (Å²) in [4.78, 5) is 21.6. The molecule has 2 heterocycles. The molecule has 0 radical (unpaired) electrons. The van der Waals surface area contributed by atoms with Crippen LogP contribution in [0.15, 0.2) is 22.5 Å². The van der Waals surface area contributed by atoms with E-state index in [1.807, 2.05) is 6.07 Å². The first-order valence-corrected chi connectivity index (χ1v) is 10.4. The number of nitrogens with zero attached hydrogens (tertiary/aromatic N) is 3. The van der Waals surface area contributed by atoms with Gasteiger partial charge in [0.05, 0.1) is 6.54 Å². The maximum absolute atomic E-state index is 11.8. The number of hydrogen-bond acceptors (Lipinski definition) is 4. The molecule has 0 aliphatic carbocycles. The van der Waals surface area contributed by atoms with E-state index >= 15 is 0 Å². The van der Waals surface area contributed by atoms with E-state index in [4.69, 9.17) is 0 Å². The van der Waals surface area contributed by atoms with Gasteiger partial charge in [0.2, 0.25) is 5.91 Å². The molecule has 6 nitrogen and oxygen atoms in total. The molecule has 1 aromatic heterocycles. The van der Waals surface area contributed by atoms with E-state index in [1.54, 1.807) is 30.3 Å². The predicted molar refractivity (Wildman–Crippen MR) is 110 cm³/mol. The van der Waals surface area contributed by atoms with E-state index in [0.29, 0.717) is 12.0 Å². The minimum atomic E-state index is 0.00404. The van der Waals surface area contributed by atoms with Gasteiger partial charge in [-0.15, -0.1) is 11.3 Å². The average Bonchev–Trinajstić information content (AvgIpc) is 3.14. The van der Waals surface area contributed by atoms with Crippen molar-refractivity contribution in [1.29, 1.82) is 0 Å². The lowest BCUT2D eigenvalue weighted by Gasteiger charge is -2.33. The van der Waals surface area contributed by atoms with Gasteiger partial charge in [-0.05, 0) is 44.2 Å². The Kier molecular flexibility index (Phi) is 8.91. The van der Waals surface area contributed by atoms with Gasteiger partial charge in [0.15, 0.2) is 5.96 Å². The first-order chi connectivity index (χ1) is 12.6. The third-order valence-electron chi connectivity index (χ3n) is 4.74. The number of piperidine rings is 1. The fourth-order valence-electron chi connectivity index (χ4n) is 3.03. The van der Waals surface area contributed by atoms with Crippen molar-refractivity contribution >= 4 is 23.2 Å². The lowest BCUT2D eigenvalue weighted by Crippen LogP contribution is -2.41. The van der Waals surface area contributed by atoms with Gasteiger partial charge in [-0.3, -0.25) is 4.79 Å². The molecule has 1 aromatic rings. The Morgan fingerprint density at radius 2 is 2.23 bits per heavy atom. The Bertz CT molecular complexity index is 558. The van der Waals surface area contributed by atoms with E-state index in [1.165, 1.54) is 30.7 Å². The summed E-state index contributed by atoms with van der Waals surface area (Å²) in [7, 11) is 3.51. The molecular weight excluding hydrogens is 346 g/mol. The molecule has 1 aliphatic heterocycles. The van der Waals surface area contributed by atoms with Gasteiger partial charge in [0.1, 0.15) is 6.54 Å². The summed E-state index contributed by atoms with van der Waals surface area (Å²) < 4.78 is 0. The van der Waals surface area contributed by atoms with Crippen LogP contribution in [0.4, 0.5) is 0 Å². The predicted octanol–water partition coefficient (Wildman–Crippen LogP) is 2.14. The molecule has 7 heteroatoms. The minimum absolute atomic E-state index is 0.00404. The summed E-state index contributed by atoms with van der Waals surface area (Å²) in [5, 5.41) is 8.77. The maximum atomic E-state index is 11.8. The standard InChI is InChI=1S/C19H33N5OS/c1-16-8-4-5-11-24(16)12-7-10-20-19(22-15-18(25)23(2)3)21-14-17-9-6-13-26-17/h6,9,13,16H,4-5,7-8,10-12,14-15H2,1-3H3,(H2,20,21,22). The second kappa shape index (κ2) is 11.2. The van der Waals surface area contributed by atoms with Crippen molar-refractivity contribution in [2.75, 3.05) is 40.3 Å². The van der Waals surface area contributed by atoms with Crippen LogP contribution in [0.2, 0.25) is 0 Å². The number of likely N-dealkylation sites (N-methyl/N-ethyl adjacent to an activating group) is 1. The van der Waals surface area contributed by atoms with Crippen LogP contribution in [-0.4, -0.2) is 68.0 Å². The molecule has 0 aromatic carbocycles. The SMILES string of the molecule is CC1CCCCN1CCCNC(=NCC(=O)N(C)C)NCc1cccs1. The van der Waals surface area contributed by atoms with Crippen molar-refractivity contribution in [1.82, 2.24) is 20.4 Å². The third-order valence-corrected chi connectivity index (χ3v) is 5.61. The molecule has 1 unspecified atom stereocenters. The molecule has 1 saturated heterocycles. The molecule has 26 heavy (non-hydrogen) atoms. The van der Waals surface area contributed by atoms with Crippen LogP contribution in [0.3, 0.4) is 0 Å². The van der Waals surface area contributed by atoms with Crippen molar-refractivity contribution in [2.24, 2.45) is 4.99 Å². The molecule has 1 atom stereocenters. The van der Waals surface area contributed by atoms with Crippen molar-refractivity contribution in [3.8, 4) is 0 Å². The van der Waals surface area contributed by atoms with Crippen LogP contribution in [0.1, 0.15) is 37.5 Å². The van der Waals surface area contributed by atoms with Crippen LogP contribution in [0.5, 0.6) is 0 Å². The van der Waals surface area contributed by atoms with E-state index in [0.717, 1.165) is 26.1 Å². The normalized spacial score (nSPS) is 18.6. The molecule has 0 saturated carbocycles. The monoisotopic (exact) mass is 379 g/mol. The maximum Gasteiger partial charge on any atom is 0.243 e. The highest BCUT2D eigenvalue weighted by Crippen LogP contribution is 2.16. The molecule has 0 spiro atoms. The van der Waals surface area contributed by atoms with Gasteiger partial charge in [0.25, 0.3) is 0 Å². The van der Waals surface area contributed by atoms with Crippen molar-refractivity contribution < 1.29 is 4.79 Å². The minimum Gasteiger partial charge on any atom is -0.356 e. The second-order valence-electron chi connectivity index (χ2n) is 7.05. The number of aliphatic imine (C=N–C) groups is 1. The summed E-state index contributed by atoms with van der Waals surface area (Å²) in [6.45, 7) is 6.41. The zero-order valence-electron chi connectivity index (χ0n) is 16.3. The summed E-state index contributed by atoms with van der Waals surface area (Å²) in [5.74, 6) is 0.713. The van der Waals surface area contributed by atoms with Crippen molar-refractivity contribution in [3.63, 3.8) is 0 Å². The first-order valence-electron chi connectivity index (χ1n) is 9.55. The summed E-state index contributed by atoms with van der Waals surface area (Å²) in [6, 6.07) is 4.84. The van der Waals surface area contributed by atoms with E-state index < -0.39 is 0 Å². The van der Waals surface area contributed by atoms with Gasteiger partial charge < -0.3 is 20.4 Å². The lowest BCUT2D eigenvalue weighted by molar-refractivity contribution is -0.127. The molecule has 0 bridgehead atoms. The van der Waals surface area contributed by atoms with Crippen LogP contribution < -0.4 is 10.6 Å². The summed E-state index contributed by atoms with van der Waals surface area (Å²) in [6.07, 6.45) is 5.07. The Balaban J connectivity index is 1.78. The molecule has 146 valence electrons. The number of rotatable bonds is 8. The Morgan fingerprint density at radius 1 is 1.38 bits per heavy atom. The number of carbonyl (C=O) groups excluding carboxylic acids is 1. The topological polar surface area (TPSA) is 60.0 Å². The third kappa shape index (κ3) is 7.33. The quantitative estimate of drug-likeness (QED) is 0.413. The van der Waals surface area contributed by atoms with Gasteiger partial charge in [-0.25, -0.2) is 4.99 Å². The zero-order chi connectivity index (χ0) is 18.8. The smallest absolute Gasteiger partial charge is 0.243 e. The van der Waals surface area contributed by atoms with Gasteiger partial charge in [-0.1, -0.05) is 12.5 Å². The van der Waals surface area contributed by atoms with Crippen LogP contribution >= 0.6 is 11.3 Å². The molecule has 1 fully saturated rings. The van der Waals surface area contributed by atoms with Gasteiger partial charge in [0, 0.05) is 38.1 Å².